The van der Waals surface area contributed by atoms with Crippen molar-refractivity contribution in [1.29, 1.82) is 0 Å². The minimum Gasteiger partial charge on any atom is -0.396 e. The van der Waals surface area contributed by atoms with Crippen LogP contribution in [-0.2, 0) is 0 Å². The Hall–Kier alpha value is -0.190. The fourth-order valence-electron chi connectivity index (χ4n) is 1.12. The van der Waals surface area contributed by atoms with Gasteiger partial charge in [-0.25, -0.2) is 0 Å². The molecule has 0 heterocycles. The number of nitrogens with zero attached hydrogens (tertiary/aromatic N) is 2. The second-order valence-corrected chi connectivity index (χ2v) is 4.71. The summed E-state index contributed by atoms with van der Waals surface area (Å²) in [6, 6.07) is 0.0874. The molecule has 0 aromatic heterocycles. The van der Waals surface area contributed by atoms with Gasteiger partial charge in [0.2, 0.25) is 0 Å². The summed E-state index contributed by atoms with van der Waals surface area (Å²) >= 11 is 6.07. The molecule has 0 rings (SSSR count). The predicted molar refractivity (Wildman–Crippen MR) is 61.2 cm³/mol. The molecule has 0 aromatic carbocycles. The molecular formula is C10H21ClN2O2. The monoisotopic (exact) mass is 236 g/mol. The van der Waals surface area contributed by atoms with Crippen molar-refractivity contribution in [3.8, 4) is 0 Å². The summed E-state index contributed by atoms with van der Waals surface area (Å²) in [7, 11) is 0. The zero-order chi connectivity index (χ0) is 11.7. The molecule has 0 bridgehead atoms. The second kappa shape index (κ2) is 8.02. The summed E-state index contributed by atoms with van der Waals surface area (Å²) in [5.74, 6) is 0. The number of alkyl halides is 1. The van der Waals surface area contributed by atoms with E-state index in [1.165, 1.54) is 0 Å². The van der Waals surface area contributed by atoms with E-state index < -0.39 is 5.00 Å². The van der Waals surface area contributed by atoms with Gasteiger partial charge in [0.25, 0.3) is 0 Å². The van der Waals surface area contributed by atoms with Crippen LogP contribution < -0.4 is 0 Å². The lowest BCUT2D eigenvalue weighted by molar-refractivity contribution is 0.274. The third kappa shape index (κ3) is 8.78. The highest BCUT2D eigenvalue weighted by molar-refractivity contribution is 6.23. The summed E-state index contributed by atoms with van der Waals surface area (Å²) in [6.45, 7) is 4.03. The Morgan fingerprint density at radius 3 is 2.40 bits per heavy atom. The van der Waals surface area contributed by atoms with Crippen molar-refractivity contribution >= 4 is 11.6 Å². The normalized spacial score (nSPS) is 17.9. The van der Waals surface area contributed by atoms with Crippen molar-refractivity contribution in [1.82, 2.24) is 0 Å². The molecule has 90 valence electrons. The average Bonchev–Trinajstić information content (AvgIpc) is 2.21. The number of azo groups is 1. The minimum atomic E-state index is -0.712. The molecule has 0 aromatic rings. The molecule has 15 heavy (non-hydrogen) atoms. The predicted octanol–water partition coefficient (Wildman–Crippen LogP) is 2.33. The maximum absolute atomic E-state index is 8.66. The molecule has 0 saturated carbocycles. The van der Waals surface area contributed by atoms with Crippen molar-refractivity contribution in [3.05, 3.63) is 0 Å². The summed E-state index contributed by atoms with van der Waals surface area (Å²) in [5, 5.41) is 25.4. The van der Waals surface area contributed by atoms with Crippen molar-refractivity contribution in [2.75, 3.05) is 13.2 Å². The number of aliphatic hydroxyl groups is 2. The van der Waals surface area contributed by atoms with Crippen LogP contribution >= 0.6 is 11.6 Å². The Morgan fingerprint density at radius 1 is 1.27 bits per heavy atom. The molecule has 2 atom stereocenters. The molecule has 0 aliphatic carbocycles. The molecule has 0 fully saturated rings. The van der Waals surface area contributed by atoms with E-state index in [1.54, 1.807) is 6.92 Å². The molecule has 2 unspecified atom stereocenters. The standard InChI is InChI=1S/C10H21ClN2O2/c1-9(5-3-7-14)12-13-10(2,11)6-4-8-15/h9,14-15H,3-8H2,1-2H3/b13-12+. The van der Waals surface area contributed by atoms with E-state index >= 15 is 0 Å². The highest BCUT2D eigenvalue weighted by Crippen LogP contribution is 2.23. The molecule has 0 spiro atoms. The lowest BCUT2D eigenvalue weighted by atomic mass is 10.2. The fourth-order valence-corrected chi connectivity index (χ4v) is 1.29. The van der Waals surface area contributed by atoms with Crippen LogP contribution in [-0.4, -0.2) is 34.5 Å². The van der Waals surface area contributed by atoms with Crippen LogP contribution in [0.3, 0.4) is 0 Å². The van der Waals surface area contributed by atoms with Crippen LogP contribution in [0.4, 0.5) is 0 Å². The number of aliphatic hydroxyl groups excluding tert-OH is 2. The largest absolute Gasteiger partial charge is 0.396 e. The van der Waals surface area contributed by atoms with Gasteiger partial charge in [-0.3, -0.25) is 0 Å². The lowest BCUT2D eigenvalue weighted by Gasteiger charge is -2.15. The topological polar surface area (TPSA) is 65.2 Å². The highest BCUT2D eigenvalue weighted by Gasteiger charge is 2.19. The van der Waals surface area contributed by atoms with Gasteiger partial charge in [-0.05, 0) is 39.5 Å². The van der Waals surface area contributed by atoms with Crippen LogP contribution in [0.25, 0.3) is 0 Å². The van der Waals surface area contributed by atoms with Crippen molar-refractivity contribution in [3.63, 3.8) is 0 Å². The summed E-state index contributed by atoms with van der Waals surface area (Å²) < 4.78 is 0. The maximum Gasteiger partial charge on any atom is 0.152 e. The van der Waals surface area contributed by atoms with Crippen molar-refractivity contribution in [2.45, 2.75) is 50.6 Å². The highest BCUT2D eigenvalue weighted by atomic mass is 35.5. The maximum atomic E-state index is 8.66. The first-order valence-corrected chi connectivity index (χ1v) is 5.72. The van der Waals surface area contributed by atoms with E-state index in [0.717, 1.165) is 12.8 Å². The Kier molecular flexibility index (Phi) is 7.92. The van der Waals surface area contributed by atoms with Crippen LogP contribution in [0.15, 0.2) is 10.2 Å². The first kappa shape index (κ1) is 14.8. The number of hydrogen-bond acceptors (Lipinski definition) is 4. The second-order valence-electron chi connectivity index (χ2n) is 3.90. The molecule has 4 nitrogen and oxygen atoms in total. The Labute approximate surface area is 96.4 Å². The summed E-state index contributed by atoms with van der Waals surface area (Å²) in [6.07, 6.45) is 2.79. The molecule has 2 N–H and O–H groups in total. The average molecular weight is 237 g/mol. The zero-order valence-corrected chi connectivity index (χ0v) is 10.2. The van der Waals surface area contributed by atoms with E-state index in [4.69, 9.17) is 21.8 Å². The van der Waals surface area contributed by atoms with Gasteiger partial charge in [-0.1, -0.05) is 11.6 Å². The third-order valence-corrected chi connectivity index (χ3v) is 2.30. The van der Waals surface area contributed by atoms with E-state index in [-0.39, 0.29) is 19.3 Å². The number of hydrogen-bond donors (Lipinski definition) is 2. The van der Waals surface area contributed by atoms with Crippen LogP contribution in [0.5, 0.6) is 0 Å². The molecule has 5 heteroatoms. The molecule has 0 radical (unpaired) electrons. The van der Waals surface area contributed by atoms with E-state index in [0.29, 0.717) is 12.8 Å². The van der Waals surface area contributed by atoms with Gasteiger partial charge in [0.1, 0.15) is 0 Å². The number of halogens is 1. The van der Waals surface area contributed by atoms with Gasteiger partial charge in [0, 0.05) is 13.2 Å². The van der Waals surface area contributed by atoms with Crippen LogP contribution in [0.2, 0.25) is 0 Å². The van der Waals surface area contributed by atoms with E-state index in [9.17, 15) is 0 Å². The van der Waals surface area contributed by atoms with Crippen LogP contribution in [0.1, 0.15) is 39.5 Å². The first-order valence-electron chi connectivity index (χ1n) is 5.34. The van der Waals surface area contributed by atoms with Crippen molar-refractivity contribution < 1.29 is 10.2 Å². The van der Waals surface area contributed by atoms with E-state index in [2.05, 4.69) is 10.2 Å². The number of rotatable bonds is 8. The van der Waals surface area contributed by atoms with Gasteiger partial charge >= 0.3 is 0 Å². The minimum absolute atomic E-state index is 0.0874. The van der Waals surface area contributed by atoms with Gasteiger partial charge < -0.3 is 10.2 Å². The molecule has 0 aliphatic rings. The lowest BCUT2D eigenvalue weighted by Crippen LogP contribution is -2.13. The van der Waals surface area contributed by atoms with Gasteiger partial charge in [-0.2, -0.15) is 10.2 Å². The Bertz CT molecular complexity index is 186. The Balaban J connectivity index is 3.89. The fraction of sp³-hybridized carbons (Fsp3) is 1.00. The third-order valence-electron chi connectivity index (χ3n) is 2.03. The van der Waals surface area contributed by atoms with Crippen molar-refractivity contribution in [2.24, 2.45) is 10.2 Å². The zero-order valence-electron chi connectivity index (χ0n) is 9.49. The molecular weight excluding hydrogens is 216 g/mol. The smallest absolute Gasteiger partial charge is 0.152 e. The Morgan fingerprint density at radius 2 is 1.87 bits per heavy atom. The quantitative estimate of drug-likeness (QED) is 0.386. The summed E-state index contributed by atoms with van der Waals surface area (Å²) in [4.78, 5) is -0.712. The van der Waals surface area contributed by atoms with E-state index in [1.807, 2.05) is 6.92 Å². The van der Waals surface area contributed by atoms with Gasteiger partial charge in [-0.15, -0.1) is 0 Å². The van der Waals surface area contributed by atoms with Gasteiger partial charge in [0.05, 0.1) is 6.04 Å². The summed E-state index contributed by atoms with van der Waals surface area (Å²) in [5.41, 5.74) is 0. The molecule has 0 aliphatic heterocycles. The SMILES string of the molecule is CC(CCCO)/N=N/C(C)(Cl)CCCO. The van der Waals surface area contributed by atoms with Crippen LogP contribution in [0, 0.1) is 0 Å². The molecule has 0 saturated heterocycles. The van der Waals surface area contributed by atoms with Gasteiger partial charge in [0.15, 0.2) is 5.00 Å². The first-order chi connectivity index (χ1) is 7.02. The molecule has 0 amide bonds.